The molecule has 0 aromatic carbocycles. The minimum atomic E-state index is -0.129. The normalized spacial score (nSPS) is 48.1. The van der Waals surface area contributed by atoms with E-state index in [2.05, 4.69) is 41.5 Å². The van der Waals surface area contributed by atoms with Gasteiger partial charge in [0.2, 0.25) is 0 Å². The molecule has 0 aromatic heterocycles. The standard InChI is InChI=1S/C31H50O3/c1-18(2)19(3)15-27(34-21(5)32)20(4)24-9-10-25-23-16-28(33-8)31-17-22(31)11-14-30(31,7)26(23)12-13-29(24,25)6/h20,22-28H,9-17H2,1-8H3/t20-,22-,23-,24+,25-,26-,27-,28+,29+,30+,31-/m0/s1. The summed E-state index contributed by atoms with van der Waals surface area (Å²) in [5.41, 5.74) is 4.08. The van der Waals surface area contributed by atoms with E-state index >= 15 is 0 Å². The first-order valence-corrected chi connectivity index (χ1v) is 14.3. The molecule has 192 valence electrons. The van der Waals surface area contributed by atoms with Crippen LogP contribution in [-0.4, -0.2) is 25.3 Å². The maximum Gasteiger partial charge on any atom is 0.302 e. The number of carbonyl (C=O) groups is 1. The van der Waals surface area contributed by atoms with Gasteiger partial charge in [-0.3, -0.25) is 4.79 Å². The minimum absolute atomic E-state index is 0.00776. The number of carbonyl (C=O) groups excluding carboxylic acids is 1. The molecule has 0 heterocycles. The van der Waals surface area contributed by atoms with E-state index in [1.54, 1.807) is 6.92 Å². The molecule has 0 amide bonds. The van der Waals surface area contributed by atoms with Gasteiger partial charge in [0.25, 0.3) is 0 Å². The number of esters is 1. The van der Waals surface area contributed by atoms with Gasteiger partial charge in [-0.1, -0.05) is 31.9 Å². The Morgan fingerprint density at radius 2 is 1.74 bits per heavy atom. The van der Waals surface area contributed by atoms with Gasteiger partial charge in [-0.15, -0.1) is 0 Å². The third-order valence-corrected chi connectivity index (χ3v) is 12.8. The summed E-state index contributed by atoms with van der Waals surface area (Å²) in [6.07, 6.45) is 12.3. The predicted octanol–water partition coefficient (Wildman–Crippen LogP) is 7.58. The van der Waals surface area contributed by atoms with E-state index in [0.29, 0.717) is 34.2 Å². The molecule has 0 bridgehead atoms. The van der Waals surface area contributed by atoms with Crippen LogP contribution >= 0.6 is 0 Å². The molecule has 0 aliphatic heterocycles. The van der Waals surface area contributed by atoms with E-state index < -0.39 is 0 Å². The predicted molar refractivity (Wildman–Crippen MR) is 137 cm³/mol. The first-order valence-electron chi connectivity index (χ1n) is 14.3. The third-order valence-electron chi connectivity index (χ3n) is 12.8. The number of methoxy groups -OCH3 is 1. The average molecular weight is 471 g/mol. The number of hydrogen-bond donors (Lipinski definition) is 0. The second-order valence-corrected chi connectivity index (χ2v) is 14.0. The smallest absolute Gasteiger partial charge is 0.302 e. The monoisotopic (exact) mass is 470 g/mol. The van der Waals surface area contributed by atoms with E-state index in [1.165, 1.54) is 62.5 Å². The van der Waals surface area contributed by atoms with Gasteiger partial charge in [-0.25, -0.2) is 0 Å². The van der Waals surface area contributed by atoms with Crippen molar-refractivity contribution >= 4 is 5.97 Å². The molecule has 5 fully saturated rings. The van der Waals surface area contributed by atoms with Crippen molar-refractivity contribution in [3.63, 3.8) is 0 Å². The number of allylic oxidation sites excluding steroid dienone is 1. The summed E-state index contributed by atoms with van der Waals surface area (Å²) in [7, 11) is 1.99. The van der Waals surface area contributed by atoms with Crippen molar-refractivity contribution in [2.75, 3.05) is 7.11 Å². The van der Waals surface area contributed by atoms with Crippen LogP contribution in [0.15, 0.2) is 11.1 Å². The summed E-state index contributed by atoms with van der Waals surface area (Å²) in [5, 5.41) is 0. The van der Waals surface area contributed by atoms with E-state index in [1.807, 2.05) is 7.11 Å². The highest BCUT2D eigenvalue weighted by molar-refractivity contribution is 5.66. The van der Waals surface area contributed by atoms with Crippen molar-refractivity contribution in [1.29, 1.82) is 0 Å². The fourth-order valence-electron chi connectivity index (χ4n) is 10.8. The van der Waals surface area contributed by atoms with E-state index in [-0.39, 0.29) is 12.1 Å². The Morgan fingerprint density at radius 1 is 1.00 bits per heavy atom. The van der Waals surface area contributed by atoms with Crippen molar-refractivity contribution in [2.24, 2.45) is 51.8 Å². The van der Waals surface area contributed by atoms with Gasteiger partial charge >= 0.3 is 5.97 Å². The molecule has 11 atom stereocenters. The Labute approximate surface area is 208 Å². The molecule has 3 heteroatoms. The fourth-order valence-corrected chi connectivity index (χ4v) is 10.8. The number of fused-ring (bicyclic) bond motifs is 4. The number of ether oxygens (including phenoxy) is 2. The van der Waals surface area contributed by atoms with Crippen molar-refractivity contribution < 1.29 is 14.3 Å². The largest absolute Gasteiger partial charge is 0.462 e. The quantitative estimate of drug-likeness (QED) is 0.296. The highest BCUT2D eigenvalue weighted by Crippen LogP contribution is 2.82. The molecular formula is C31H50O3. The van der Waals surface area contributed by atoms with Crippen LogP contribution in [0.5, 0.6) is 0 Å². The highest BCUT2D eigenvalue weighted by atomic mass is 16.5. The molecule has 0 radical (unpaired) electrons. The molecule has 34 heavy (non-hydrogen) atoms. The first-order chi connectivity index (χ1) is 16.0. The van der Waals surface area contributed by atoms with Crippen LogP contribution in [0.3, 0.4) is 0 Å². The average Bonchev–Trinajstić information content (AvgIpc) is 3.28. The van der Waals surface area contributed by atoms with Gasteiger partial charge in [0.1, 0.15) is 6.10 Å². The van der Waals surface area contributed by atoms with Crippen LogP contribution < -0.4 is 0 Å². The highest BCUT2D eigenvalue weighted by Gasteiger charge is 2.77. The van der Waals surface area contributed by atoms with Crippen LogP contribution in [0.1, 0.15) is 106 Å². The Bertz CT molecular complexity index is 857. The van der Waals surface area contributed by atoms with Crippen LogP contribution in [0.2, 0.25) is 0 Å². The van der Waals surface area contributed by atoms with Crippen LogP contribution in [0, 0.1) is 51.8 Å². The molecule has 5 rings (SSSR count). The van der Waals surface area contributed by atoms with Crippen molar-refractivity contribution in [3.8, 4) is 0 Å². The molecule has 0 aromatic rings. The summed E-state index contributed by atoms with van der Waals surface area (Å²) in [5.74, 6) is 4.33. The summed E-state index contributed by atoms with van der Waals surface area (Å²) >= 11 is 0. The maximum atomic E-state index is 12.1. The molecule has 5 aliphatic rings. The Hall–Kier alpha value is -0.830. The first kappa shape index (κ1) is 24.8. The van der Waals surface area contributed by atoms with Gasteiger partial charge in [-0.05, 0) is 118 Å². The molecule has 5 aliphatic carbocycles. The molecule has 5 saturated carbocycles. The number of rotatable bonds is 6. The zero-order valence-corrected chi connectivity index (χ0v) is 23.2. The molecule has 3 nitrogen and oxygen atoms in total. The Kier molecular flexibility index (Phi) is 6.10. The molecule has 0 saturated heterocycles. The Morgan fingerprint density at radius 3 is 2.35 bits per heavy atom. The minimum Gasteiger partial charge on any atom is -0.462 e. The lowest BCUT2D eigenvalue weighted by atomic mass is 9.45. The topological polar surface area (TPSA) is 35.5 Å². The lowest BCUT2D eigenvalue weighted by molar-refractivity contribution is -0.166. The summed E-state index contributed by atoms with van der Waals surface area (Å²) in [6, 6.07) is 0. The summed E-state index contributed by atoms with van der Waals surface area (Å²) < 4.78 is 12.3. The molecule has 0 unspecified atom stereocenters. The number of hydrogen-bond acceptors (Lipinski definition) is 3. The van der Waals surface area contributed by atoms with Gasteiger partial charge < -0.3 is 9.47 Å². The van der Waals surface area contributed by atoms with Crippen molar-refractivity contribution in [1.82, 2.24) is 0 Å². The van der Waals surface area contributed by atoms with E-state index in [9.17, 15) is 4.79 Å². The second-order valence-electron chi connectivity index (χ2n) is 14.0. The van der Waals surface area contributed by atoms with E-state index in [0.717, 1.165) is 30.1 Å². The molecule has 1 spiro atoms. The van der Waals surface area contributed by atoms with Crippen LogP contribution in [0.4, 0.5) is 0 Å². The second kappa shape index (κ2) is 8.35. The zero-order chi connectivity index (χ0) is 24.6. The fraction of sp³-hybridized carbons (Fsp3) is 0.903. The third kappa shape index (κ3) is 3.34. The summed E-state index contributed by atoms with van der Waals surface area (Å²) in [6.45, 7) is 15.8. The van der Waals surface area contributed by atoms with Crippen LogP contribution in [0.25, 0.3) is 0 Å². The van der Waals surface area contributed by atoms with Crippen molar-refractivity contribution in [2.45, 2.75) is 118 Å². The lowest BCUT2D eigenvalue weighted by Gasteiger charge is -2.61. The van der Waals surface area contributed by atoms with Gasteiger partial charge in [0.15, 0.2) is 0 Å². The van der Waals surface area contributed by atoms with Gasteiger partial charge in [-0.2, -0.15) is 0 Å². The van der Waals surface area contributed by atoms with E-state index in [4.69, 9.17) is 9.47 Å². The zero-order valence-electron chi connectivity index (χ0n) is 23.2. The molecular weight excluding hydrogens is 420 g/mol. The lowest BCUT2D eigenvalue weighted by Crippen LogP contribution is -2.57. The Balaban J connectivity index is 1.40. The maximum absolute atomic E-state index is 12.1. The van der Waals surface area contributed by atoms with Gasteiger partial charge in [0, 0.05) is 25.9 Å². The van der Waals surface area contributed by atoms with Crippen molar-refractivity contribution in [3.05, 3.63) is 11.1 Å². The molecule has 0 N–H and O–H groups in total. The van der Waals surface area contributed by atoms with Crippen LogP contribution in [-0.2, 0) is 14.3 Å². The van der Waals surface area contributed by atoms with Gasteiger partial charge in [0.05, 0.1) is 6.10 Å². The SMILES string of the molecule is CO[C@@H]1C[C@H]2[C@@H]3CC[C@H]([C@H](C)[C@H](CC(C)=C(C)C)OC(C)=O)[C@@]3(C)CC[C@@H]2[C@@]2(C)CC[C@H]3C[C@]312. The summed E-state index contributed by atoms with van der Waals surface area (Å²) in [4.78, 5) is 12.1.